The van der Waals surface area contributed by atoms with Crippen LogP contribution in [0.1, 0.15) is 34.8 Å². The number of rotatable bonds is 11. The first kappa shape index (κ1) is 25.5. The standard InChI is InChI=1S/C23H27N3O6S2/c1-4-17-14-33-23(24-17)19(11-15-5-8-18(9-6-15)26-34(28,29)30)25-22(27)13-16-7-10-20(31-2)21(12-16)32-3/h5-10,12,14,19,26H,4,11,13H2,1-3H3,(H,25,27)(H,28,29,30)/t19-/m0/s1. The number of aryl methyl sites for hydroxylation is 1. The second kappa shape index (κ2) is 11.3. The molecule has 1 amide bonds. The topological polar surface area (TPSA) is 127 Å². The van der Waals surface area contributed by atoms with Crippen molar-refractivity contribution in [2.24, 2.45) is 0 Å². The van der Waals surface area contributed by atoms with Crippen molar-refractivity contribution in [3.05, 3.63) is 69.7 Å². The Bertz CT molecular complexity index is 1230. The molecule has 0 saturated heterocycles. The molecule has 3 N–H and O–H groups in total. The summed E-state index contributed by atoms with van der Waals surface area (Å²) in [6.45, 7) is 2.02. The average molecular weight is 506 g/mol. The third-order valence-corrected chi connectivity index (χ3v) is 6.52. The highest BCUT2D eigenvalue weighted by atomic mass is 32.2. The third-order valence-electron chi connectivity index (χ3n) is 5.02. The van der Waals surface area contributed by atoms with E-state index >= 15 is 0 Å². The van der Waals surface area contributed by atoms with Gasteiger partial charge in [-0.05, 0) is 48.2 Å². The van der Waals surface area contributed by atoms with E-state index in [0.717, 1.165) is 28.2 Å². The Hall–Kier alpha value is -3.15. The molecular weight excluding hydrogens is 478 g/mol. The van der Waals surface area contributed by atoms with Gasteiger partial charge < -0.3 is 14.8 Å². The summed E-state index contributed by atoms with van der Waals surface area (Å²) in [5.74, 6) is 0.969. The van der Waals surface area contributed by atoms with Gasteiger partial charge in [0.1, 0.15) is 5.01 Å². The van der Waals surface area contributed by atoms with Gasteiger partial charge >= 0.3 is 10.3 Å². The van der Waals surface area contributed by atoms with Crippen LogP contribution in [0.2, 0.25) is 0 Å². The number of carbonyl (C=O) groups is 1. The SMILES string of the molecule is CCc1csc([C@H](Cc2ccc(NS(=O)(=O)O)cc2)NC(=O)Cc2ccc(OC)c(OC)c2)n1. The van der Waals surface area contributed by atoms with Crippen molar-refractivity contribution < 1.29 is 27.2 Å². The molecule has 1 aromatic heterocycles. The van der Waals surface area contributed by atoms with Crippen LogP contribution in [0.15, 0.2) is 47.8 Å². The second-order valence-corrected chi connectivity index (χ2v) is 9.54. The van der Waals surface area contributed by atoms with E-state index in [2.05, 4.69) is 10.3 Å². The molecule has 182 valence electrons. The molecule has 11 heteroatoms. The summed E-state index contributed by atoms with van der Waals surface area (Å²) >= 11 is 1.48. The van der Waals surface area contributed by atoms with Gasteiger partial charge in [0.2, 0.25) is 5.91 Å². The van der Waals surface area contributed by atoms with Gasteiger partial charge in [0, 0.05) is 5.38 Å². The summed E-state index contributed by atoms with van der Waals surface area (Å²) in [4.78, 5) is 17.6. The van der Waals surface area contributed by atoms with Crippen molar-refractivity contribution in [3.63, 3.8) is 0 Å². The number of benzene rings is 2. The van der Waals surface area contributed by atoms with Gasteiger partial charge in [-0.15, -0.1) is 11.3 Å². The fraction of sp³-hybridized carbons (Fsp3) is 0.304. The first-order valence-corrected chi connectivity index (χ1v) is 12.8. The normalized spacial score (nSPS) is 12.1. The minimum absolute atomic E-state index is 0.153. The van der Waals surface area contributed by atoms with Gasteiger partial charge in [0.15, 0.2) is 11.5 Å². The highest BCUT2D eigenvalue weighted by Gasteiger charge is 2.20. The van der Waals surface area contributed by atoms with E-state index in [0.29, 0.717) is 17.9 Å². The van der Waals surface area contributed by atoms with Crippen molar-refractivity contribution in [2.75, 3.05) is 18.9 Å². The number of nitrogens with one attached hydrogen (secondary N) is 2. The Morgan fingerprint density at radius 2 is 1.76 bits per heavy atom. The Morgan fingerprint density at radius 3 is 2.35 bits per heavy atom. The Kier molecular flexibility index (Phi) is 8.48. The Morgan fingerprint density at radius 1 is 1.09 bits per heavy atom. The van der Waals surface area contributed by atoms with Gasteiger partial charge in [0.05, 0.1) is 38.1 Å². The lowest BCUT2D eigenvalue weighted by Crippen LogP contribution is -2.31. The van der Waals surface area contributed by atoms with E-state index in [9.17, 15) is 13.2 Å². The Balaban J connectivity index is 1.76. The molecule has 1 atom stereocenters. The molecule has 0 unspecified atom stereocenters. The molecule has 0 fully saturated rings. The largest absolute Gasteiger partial charge is 0.493 e. The summed E-state index contributed by atoms with van der Waals surface area (Å²) in [5, 5.41) is 5.84. The smallest absolute Gasteiger partial charge is 0.357 e. The predicted octanol–water partition coefficient (Wildman–Crippen LogP) is 3.58. The molecule has 0 aliphatic carbocycles. The molecule has 0 saturated carbocycles. The van der Waals surface area contributed by atoms with Crippen molar-refractivity contribution in [3.8, 4) is 11.5 Å². The van der Waals surface area contributed by atoms with Gasteiger partial charge in [-0.3, -0.25) is 14.1 Å². The van der Waals surface area contributed by atoms with E-state index in [-0.39, 0.29) is 24.1 Å². The fourth-order valence-electron chi connectivity index (χ4n) is 3.36. The first-order valence-electron chi connectivity index (χ1n) is 10.5. The number of hydrogen-bond acceptors (Lipinski definition) is 7. The van der Waals surface area contributed by atoms with Crippen molar-refractivity contribution >= 4 is 33.2 Å². The molecule has 0 aliphatic rings. The predicted molar refractivity (Wildman–Crippen MR) is 131 cm³/mol. The van der Waals surface area contributed by atoms with Crippen LogP contribution in [-0.4, -0.2) is 38.1 Å². The summed E-state index contributed by atoms with van der Waals surface area (Å²) < 4.78 is 43.5. The van der Waals surface area contributed by atoms with Gasteiger partial charge in [-0.25, -0.2) is 4.98 Å². The number of carbonyl (C=O) groups excluding carboxylic acids is 1. The van der Waals surface area contributed by atoms with Crippen molar-refractivity contribution in [1.82, 2.24) is 10.3 Å². The maximum Gasteiger partial charge on any atom is 0.357 e. The van der Waals surface area contributed by atoms with Crippen LogP contribution in [-0.2, 0) is 34.4 Å². The molecule has 0 bridgehead atoms. The molecule has 3 aromatic rings. The number of hydrogen-bond donors (Lipinski definition) is 3. The van der Waals surface area contributed by atoms with E-state index in [4.69, 9.17) is 14.0 Å². The highest BCUT2D eigenvalue weighted by Crippen LogP contribution is 2.28. The molecular formula is C23H27N3O6S2. The van der Waals surface area contributed by atoms with Crippen LogP contribution in [0, 0.1) is 0 Å². The fourth-order valence-corrected chi connectivity index (χ4v) is 4.75. The van der Waals surface area contributed by atoms with Crippen LogP contribution in [0.5, 0.6) is 11.5 Å². The molecule has 1 heterocycles. The maximum absolute atomic E-state index is 12.9. The van der Waals surface area contributed by atoms with Gasteiger partial charge in [-0.1, -0.05) is 25.1 Å². The summed E-state index contributed by atoms with van der Waals surface area (Å²) in [6.07, 6.45) is 1.40. The third kappa shape index (κ3) is 7.17. The Labute approximate surface area is 203 Å². The van der Waals surface area contributed by atoms with E-state index in [1.807, 2.05) is 23.1 Å². The zero-order chi connectivity index (χ0) is 24.7. The van der Waals surface area contributed by atoms with Crippen LogP contribution in [0.3, 0.4) is 0 Å². The monoisotopic (exact) mass is 505 g/mol. The van der Waals surface area contributed by atoms with Crippen LogP contribution in [0.4, 0.5) is 5.69 Å². The number of methoxy groups -OCH3 is 2. The second-order valence-electron chi connectivity index (χ2n) is 7.50. The molecule has 34 heavy (non-hydrogen) atoms. The minimum atomic E-state index is -4.34. The average Bonchev–Trinajstić information content (AvgIpc) is 3.28. The van der Waals surface area contributed by atoms with Gasteiger partial charge in [0.25, 0.3) is 0 Å². The summed E-state index contributed by atoms with van der Waals surface area (Å²) in [5.41, 5.74) is 2.84. The zero-order valence-electron chi connectivity index (χ0n) is 19.1. The number of nitrogens with zero attached hydrogens (tertiary/aromatic N) is 1. The van der Waals surface area contributed by atoms with Gasteiger partial charge in [-0.2, -0.15) is 8.42 Å². The minimum Gasteiger partial charge on any atom is -0.493 e. The van der Waals surface area contributed by atoms with Crippen LogP contribution in [0.25, 0.3) is 0 Å². The quantitative estimate of drug-likeness (QED) is 0.340. The van der Waals surface area contributed by atoms with E-state index in [1.165, 1.54) is 11.3 Å². The van der Waals surface area contributed by atoms with E-state index in [1.54, 1.807) is 50.6 Å². The number of aromatic nitrogens is 1. The lowest BCUT2D eigenvalue weighted by atomic mass is 10.0. The molecule has 0 radical (unpaired) electrons. The molecule has 0 aliphatic heterocycles. The zero-order valence-corrected chi connectivity index (χ0v) is 20.7. The van der Waals surface area contributed by atoms with Crippen molar-refractivity contribution in [2.45, 2.75) is 32.2 Å². The first-order chi connectivity index (χ1) is 16.2. The molecule has 9 nitrogen and oxygen atoms in total. The number of thiazole rings is 1. The lowest BCUT2D eigenvalue weighted by Gasteiger charge is -2.18. The number of ether oxygens (including phenoxy) is 2. The summed E-state index contributed by atoms with van der Waals surface area (Å²) in [6, 6.07) is 11.5. The van der Waals surface area contributed by atoms with Crippen LogP contribution < -0.4 is 19.5 Å². The highest BCUT2D eigenvalue weighted by molar-refractivity contribution is 7.87. The van der Waals surface area contributed by atoms with Crippen molar-refractivity contribution in [1.29, 1.82) is 0 Å². The lowest BCUT2D eigenvalue weighted by molar-refractivity contribution is -0.121. The molecule has 0 spiro atoms. The number of anilines is 1. The van der Waals surface area contributed by atoms with Crippen LogP contribution >= 0.6 is 11.3 Å². The van der Waals surface area contributed by atoms with E-state index < -0.39 is 10.3 Å². The molecule has 2 aromatic carbocycles. The summed E-state index contributed by atoms with van der Waals surface area (Å²) in [7, 11) is -1.25. The maximum atomic E-state index is 12.9. The number of amides is 1. The molecule has 3 rings (SSSR count).